The minimum atomic E-state index is 0.244. The van der Waals surface area contributed by atoms with Gasteiger partial charge in [-0.25, -0.2) is 4.98 Å². The van der Waals surface area contributed by atoms with Gasteiger partial charge in [-0.3, -0.25) is 0 Å². The third kappa shape index (κ3) is 4.30. The largest absolute Gasteiger partial charge is 0.348 e. The fourth-order valence-electron chi connectivity index (χ4n) is 5.95. The molecule has 168 valence electrons. The van der Waals surface area contributed by atoms with Crippen LogP contribution in [0.3, 0.4) is 0 Å². The number of nitrogens with one attached hydrogen (secondary N) is 1. The molecule has 5 rings (SSSR count). The zero-order chi connectivity index (χ0) is 21.6. The molecule has 1 N–H and O–H groups in total. The number of rotatable bonds is 4. The molecule has 3 nitrogen and oxygen atoms in total. The highest BCUT2D eigenvalue weighted by atomic mass is 32.1. The normalized spacial score (nSPS) is 23.8. The molecule has 1 aliphatic heterocycles. The Bertz CT molecular complexity index is 914. The van der Waals surface area contributed by atoms with Crippen LogP contribution in [0.15, 0.2) is 23.6 Å². The summed E-state index contributed by atoms with van der Waals surface area (Å²) in [5.41, 5.74) is 5.99. The Labute approximate surface area is 192 Å². The van der Waals surface area contributed by atoms with E-state index in [9.17, 15) is 0 Å². The predicted octanol–water partition coefficient (Wildman–Crippen LogP) is 6.66. The molecule has 0 unspecified atom stereocenters. The predicted molar refractivity (Wildman–Crippen MR) is 133 cm³/mol. The van der Waals surface area contributed by atoms with Gasteiger partial charge in [-0.05, 0) is 66.5 Å². The van der Waals surface area contributed by atoms with E-state index in [0.29, 0.717) is 6.04 Å². The van der Waals surface area contributed by atoms with Crippen LogP contribution in [-0.2, 0) is 10.8 Å². The zero-order valence-corrected chi connectivity index (χ0v) is 20.7. The first-order chi connectivity index (χ1) is 14.8. The summed E-state index contributed by atoms with van der Waals surface area (Å²) in [6, 6.07) is 8.60. The summed E-state index contributed by atoms with van der Waals surface area (Å²) in [6.45, 7) is 11.9. The highest BCUT2D eigenvalue weighted by molar-refractivity contribution is 7.14. The lowest BCUT2D eigenvalue weighted by Crippen LogP contribution is -2.45. The lowest BCUT2D eigenvalue weighted by molar-refractivity contribution is 0.332. The summed E-state index contributed by atoms with van der Waals surface area (Å²) in [6.07, 6.45) is 10.6. The molecule has 3 aliphatic rings. The van der Waals surface area contributed by atoms with Gasteiger partial charge in [-0.1, -0.05) is 52.7 Å². The van der Waals surface area contributed by atoms with E-state index in [4.69, 9.17) is 4.98 Å². The topological polar surface area (TPSA) is 28.2 Å². The molecule has 1 saturated heterocycles. The summed E-state index contributed by atoms with van der Waals surface area (Å²) in [7, 11) is 0. The van der Waals surface area contributed by atoms with Crippen molar-refractivity contribution in [1.82, 2.24) is 10.3 Å². The SMILES string of the molecule is CC1(C)CCC(C)(C)c2cc(-c3csc(N4CCC(NC5CCCC5)CC4)n3)ccc21. The number of hydrogen-bond donors (Lipinski definition) is 1. The monoisotopic (exact) mass is 437 g/mol. The van der Waals surface area contributed by atoms with Crippen molar-refractivity contribution in [3.63, 3.8) is 0 Å². The number of thiazole rings is 1. The molecular weight excluding hydrogens is 398 g/mol. The number of piperidine rings is 1. The van der Waals surface area contributed by atoms with Crippen LogP contribution in [0.2, 0.25) is 0 Å². The molecular formula is C27H39N3S. The fraction of sp³-hybridized carbons (Fsp3) is 0.667. The summed E-state index contributed by atoms with van der Waals surface area (Å²) in [5, 5.41) is 7.39. The van der Waals surface area contributed by atoms with Crippen LogP contribution >= 0.6 is 11.3 Å². The van der Waals surface area contributed by atoms with Gasteiger partial charge < -0.3 is 10.2 Å². The molecule has 2 aromatic rings. The van der Waals surface area contributed by atoms with Gasteiger partial charge >= 0.3 is 0 Å². The van der Waals surface area contributed by atoms with E-state index in [-0.39, 0.29) is 10.8 Å². The van der Waals surface area contributed by atoms with E-state index in [0.717, 1.165) is 24.8 Å². The number of anilines is 1. The number of hydrogen-bond acceptors (Lipinski definition) is 4. The van der Waals surface area contributed by atoms with Gasteiger partial charge in [0.25, 0.3) is 0 Å². The van der Waals surface area contributed by atoms with E-state index in [1.54, 1.807) is 0 Å². The van der Waals surface area contributed by atoms with Crippen molar-refractivity contribution in [2.24, 2.45) is 0 Å². The highest BCUT2D eigenvalue weighted by Crippen LogP contribution is 2.47. The maximum atomic E-state index is 5.09. The van der Waals surface area contributed by atoms with Gasteiger partial charge in [0.2, 0.25) is 0 Å². The zero-order valence-electron chi connectivity index (χ0n) is 19.8. The molecule has 1 saturated carbocycles. The van der Waals surface area contributed by atoms with E-state index in [1.165, 1.54) is 73.2 Å². The van der Waals surface area contributed by atoms with Gasteiger partial charge in [0, 0.05) is 36.1 Å². The average molecular weight is 438 g/mol. The Kier molecular flexibility index (Phi) is 5.67. The van der Waals surface area contributed by atoms with Crippen LogP contribution in [0.1, 0.15) is 90.2 Å². The third-order valence-corrected chi connectivity index (χ3v) is 9.13. The van der Waals surface area contributed by atoms with E-state index in [1.807, 2.05) is 11.3 Å². The van der Waals surface area contributed by atoms with Gasteiger partial charge in [0.15, 0.2) is 5.13 Å². The van der Waals surface area contributed by atoms with Crippen LogP contribution in [0.25, 0.3) is 11.3 Å². The van der Waals surface area contributed by atoms with Crippen molar-refractivity contribution in [2.75, 3.05) is 18.0 Å². The second-order valence-corrected chi connectivity index (χ2v) is 12.3. The minimum Gasteiger partial charge on any atom is -0.348 e. The molecule has 2 aliphatic carbocycles. The lowest BCUT2D eigenvalue weighted by Gasteiger charge is -2.42. The van der Waals surface area contributed by atoms with Gasteiger partial charge in [0.05, 0.1) is 5.69 Å². The first-order valence-electron chi connectivity index (χ1n) is 12.4. The number of fused-ring (bicyclic) bond motifs is 1. The number of nitrogens with zero attached hydrogens (tertiary/aromatic N) is 2. The molecule has 0 atom stereocenters. The van der Waals surface area contributed by atoms with E-state index < -0.39 is 0 Å². The second kappa shape index (κ2) is 8.19. The number of benzene rings is 1. The molecule has 1 aromatic carbocycles. The molecule has 0 radical (unpaired) electrons. The summed E-state index contributed by atoms with van der Waals surface area (Å²) < 4.78 is 0. The summed E-state index contributed by atoms with van der Waals surface area (Å²) >= 11 is 1.82. The van der Waals surface area contributed by atoms with Gasteiger partial charge in [0.1, 0.15) is 0 Å². The molecule has 2 fully saturated rings. The molecule has 0 bridgehead atoms. The van der Waals surface area contributed by atoms with Crippen molar-refractivity contribution in [3.8, 4) is 11.3 Å². The van der Waals surface area contributed by atoms with Crippen molar-refractivity contribution in [3.05, 3.63) is 34.7 Å². The lowest BCUT2D eigenvalue weighted by atomic mass is 9.63. The molecule has 4 heteroatoms. The highest BCUT2D eigenvalue weighted by Gasteiger charge is 2.37. The van der Waals surface area contributed by atoms with Gasteiger partial charge in [-0.2, -0.15) is 0 Å². The van der Waals surface area contributed by atoms with Crippen molar-refractivity contribution in [2.45, 2.75) is 102 Å². The van der Waals surface area contributed by atoms with Crippen LogP contribution in [0.5, 0.6) is 0 Å². The van der Waals surface area contributed by atoms with Crippen LogP contribution in [0, 0.1) is 0 Å². The first kappa shape index (κ1) is 21.5. The van der Waals surface area contributed by atoms with Gasteiger partial charge in [-0.15, -0.1) is 11.3 Å². The van der Waals surface area contributed by atoms with Crippen molar-refractivity contribution < 1.29 is 0 Å². The minimum absolute atomic E-state index is 0.244. The molecule has 1 aromatic heterocycles. The standard InChI is InChI=1S/C27H39N3S/c1-26(2)13-14-27(3,4)23-17-19(9-10-22(23)26)24-18-31-25(29-24)30-15-11-21(12-16-30)28-20-7-5-6-8-20/h9-10,17-18,20-21,28H,5-8,11-16H2,1-4H3. The summed E-state index contributed by atoms with van der Waals surface area (Å²) in [5.74, 6) is 0. The molecule has 31 heavy (non-hydrogen) atoms. The Morgan fingerprint density at radius 1 is 0.903 bits per heavy atom. The van der Waals surface area contributed by atoms with E-state index >= 15 is 0 Å². The van der Waals surface area contributed by atoms with Crippen LogP contribution in [-0.4, -0.2) is 30.2 Å². The van der Waals surface area contributed by atoms with Crippen LogP contribution in [0.4, 0.5) is 5.13 Å². The Morgan fingerprint density at radius 2 is 1.55 bits per heavy atom. The second-order valence-electron chi connectivity index (χ2n) is 11.5. The average Bonchev–Trinajstić information content (AvgIpc) is 3.44. The Balaban J connectivity index is 1.29. The third-order valence-electron chi connectivity index (χ3n) is 8.23. The van der Waals surface area contributed by atoms with Crippen molar-refractivity contribution >= 4 is 16.5 Å². The van der Waals surface area contributed by atoms with E-state index in [2.05, 4.69) is 61.5 Å². The van der Waals surface area contributed by atoms with Crippen LogP contribution < -0.4 is 10.2 Å². The van der Waals surface area contributed by atoms with Crippen molar-refractivity contribution in [1.29, 1.82) is 0 Å². The maximum Gasteiger partial charge on any atom is 0.185 e. The molecule has 0 spiro atoms. The maximum absolute atomic E-state index is 5.09. The summed E-state index contributed by atoms with van der Waals surface area (Å²) in [4.78, 5) is 7.60. The molecule has 0 amide bonds. The Hall–Kier alpha value is -1.39. The first-order valence-corrected chi connectivity index (χ1v) is 13.3. The fourth-order valence-corrected chi connectivity index (χ4v) is 6.84. The smallest absolute Gasteiger partial charge is 0.185 e. The Morgan fingerprint density at radius 3 is 2.26 bits per heavy atom. The number of aromatic nitrogens is 1. The quantitative estimate of drug-likeness (QED) is 0.579. The molecule has 2 heterocycles.